The van der Waals surface area contributed by atoms with Crippen LogP contribution in [-0.2, 0) is 6.54 Å². The van der Waals surface area contributed by atoms with Gasteiger partial charge in [0.2, 0.25) is 0 Å². The number of anilines is 2. The number of benzene rings is 3. The highest BCUT2D eigenvalue weighted by Gasteiger charge is 2.35. The van der Waals surface area contributed by atoms with Gasteiger partial charge in [0.1, 0.15) is 17.1 Å². The van der Waals surface area contributed by atoms with Crippen molar-refractivity contribution in [1.82, 2.24) is 4.57 Å². The molecule has 5 nitrogen and oxygen atoms in total. The molecular weight excluding hydrogens is 362 g/mol. The zero-order valence-electron chi connectivity index (χ0n) is 15.9. The van der Waals surface area contributed by atoms with Crippen LogP contribution in [-0.4, -0.2) is 9.49 Å². The SMILES string of the molecule is Cc1ccc(-c2c([N+](=O)[O-])c(-c3ccccc3)n3c2Nc2ccccc2C3)cc1. The van der Waals surface area contributed by atoms with Gasteiger partial charge in [-0.05, 0) is 24.1 Å². The van der Waals surface area contributed by atoms with Crippen LogP contribution in [0, 0.1) is 17.0 Å². The van der Waals surface area contributed by atoms with Crippen molar-refractivity contribution in [3.05, 3.63) is 100 Å². The number of nitrogens with zero attached hydrogens (tertiary/aromatic N) is 2. The van der Waals surface area contributed by atoms with Crippen molar-refractivity contribution >= 4 is 17.2 Å². The van der Waals surface area contributed by atoms with Gasteiger partial charge in [-0.25, -0.2) is 0 Å². The lowest BCUT2D eigenvalue weighted by molar-refractivity contribution is -0.383. The van der Waals surface area contributed by atoms with Gasteiger partial charge < -0.3 is 9.88 Å². The van der Waals surface area contributed by atoms with Crippen LogP contribution in [0.4, 0.5) is 17.2 Å². The van der Waals surface area contributed by atoms with E-state index in [9.17, 15) is 10.1 Å². The quantitative estimate of drug-likeness (QED) is 0.301. The third kappa shape index (κ3) is 2.79. The van der Waals surface area contributed by atoms with E-state index >= 15 is 0 Å². The molecule has 0 amide bonds. The van der Waals surface area contributed by atoms with Crippen LogP contribution in [0.5, 0.6) is 0 Å². The molecule has 1 N–H and O–H groups in total. The summed E-state index contributed by atoms with van der Waals surface area (Å²) >= 11 is 0. The van der Waals surface area contributed by atoms with Crippen molar-refractivity contribution in [3.63, 3.8) is 0 Å². The molecule has 0 aliphatic carbocycles. The fraction of sp³-hybridized carbons (Fsp3) is 0.0833. The van der Waals surface area contributed by atoms with E-state index in [1.807, 2.05) is 84.3 Å². The average molecular weight is 381 g/mol. The van der Waals surface area contributed by atoms with Gasteiger partial charge in [-0.2, -0.15) is 0 Å². The maximum Gasteiger partial charge on any atom is 0.304 e. The molecule has 0 fully saturated rings. The van der Waals surface area contributed by atoms with Crippen molar-refractivity contribution in [2.45, 2.75) is 13.5 Å². The van der Waals surface area contributed by atoms with Gasteiger partial charge in [-0.1, -0.05) is 78.4 Å². The average Bonchev–Trinajstić information content (AvgIpc) is 3.07. The highest BCUT2D eigenvalue weighted by molar-refractivity contribution is 5.96. The molecular formula is C24H19N3O2. The molecule has 5 heteroatoms. The minimum atomic E-state index is -0.255. The number of para-hydroxylation sites is 1. The first-order valence-electron chi connectivity index (χ1n) is 9.52. The van der Waals surface area contributed by atoms with Gasteiger partial charge in [-0.15, -0.1) is 0 Å². The van der Waals surface area contributed by atoms with Crippen LogP contribution < -0.4 is 5.32 Å². The summed E-state index contributed by atoms with van der Waals surface area (Å²) in [7, 11) is 0. The molecule has 4 aromatic rings. The Kier molecular flexibility index (Phi) is 3.95. The summed E-state index contributed by atoms with van der Waals surface area (Å²) in [4.78, 5) is 12.1. The lowest BCUT2D eigenvalue weighted by atomic mass is 10.0. The Morgan fingerprint density at radius 3 is 2.31 bits per heavy atom. The van der Waals surface area contributed by atoms with E-state index in [4.69, 9.17) is 0 Å². The fourth-order valence-electron chi connectivity index (χ4n) is 4.03. The minimum Gasteiger partial charge on any atom is -0.341 e. The zero-order chi connectivity index (χ0) is 20.0. The molecule has 0 spiro atoms. The summed E-state index contributed by atoms with van der Waals surface area (Å²) < 4.78 is 2.03. The summed E-state index contributed by atoms with van der Waals surface area (Å²) in [5.74, 6) is 0.762. The summed E-state index contributed by atoms with van der Waals surface area (Å²) in [6.45, 7) is 2.59. The predicted octanol–water partition coefficient (Wildman–Crippen LogP) is 6.14. The molecule has 2 heterocycles. The summed E-state index contributed by atoms with van der Waals surface area (Å²) in [6.07, 6.45) is 0. The van der Waals surface area contributed by atoms with Gasteiger partial charge in [0.15, 0.2) is 0 Å². The zero-order valence-corrected chi connectivity index (χ0v) is 15.9. The lowest BCUT2D eigenvalue weighted by Gasteiger charge is -2.23. The second kappa shape index (κ2) is 6.63. The first-order chi connectivity index (χ1) is 14.1. The largest absolute Gasteiger partial charge is 0.341 e. The van der Waals surface area contributed by atoms with Gasteiger partial charge in [0, 0.05) is 11.3 Å². The van der Waals surface area contributed by atoms with Crippen molar-refractivity contribution in [2.24, 2.45) is 0 Å². The Morgan fingerprint density at radius 1 is 0.897 bits per heavy atom. The molecule has 29 heavy (non-hydrogen) atoms. The minimum absolute atomic E-state index is 0.135. The molecule has 142 valence electrons. The lowest BCUT2D eigenvalue weighted by Crippen LogP contribution is -2.13. The van der Waals surface area contributed by atoms with Crippen molar-refractivity contribution in [1.29, 1.82) is 0 Å². The summed E-state index contributed by atoms with van der Waals surface area (Å²) in [5.41, 5.74) is 6.27. The number of aromatic nitrogens is 1. The smallest absolute Gasteiger partial charge is 0.304 e. The van der Waals surface area contributed by atoms with E-state index in [-0.39, 0.29) is 10.6 Å². The standard InChI is InChI=1S/C24H19N3O2/c1-16-11-13-17(14-12-16)21-23(27(28)29)22(18-7-3-2-4-8-18)26-15-19-9-5-6-10-20(19)25-24(21)26/h2-14,25H,15H2,1H3. The number of hydrogen-bond acceptors (Lipinski definition) is 3. The topological polar surface area (TPSA) is 60.1 Å². The van der Waals surface area contributed by atoms with Crippen LogP contribution in [0.15, 0.2) is 78.9 Å². The van der Waals surface area contributed by atoms with Crippen molar-refractivity contribution in [3.8, 4) is 22.4 Å². The number of fused-ring (bicyclic) bond motifs is 2. The molecule has 0 saturated heterocycles. The van der Waals surface area contributed by atoms with E-state index in [1.165, 1.54) is 0 Å². The molecule has 1 aliphatic rings. The van der Waals surface area contributed by atoms with Crippen LogP contribution in [0.25, 0.3) is 22.4 Å². The number of hydrogen-bond donors (Lipinski definition) is 1. The second-order valence-electron chi connectivity index (χ2n) is 7.28. The molecule has 0 unspecified atom stereocenters. The number of aryl methyl sites for hydroxylation is 1. The molecule has 0 radical (unpaired) electrons. The summed E-state index contributed by atoms with van der Waals surface area (Å²) in [5, 5.41) is 15.8. The van der Waals surface area contributed by atoms with Gasteiger partial charge in [0.05, 0.1) is 11.5 Å². The van der Waals surface area contributed by atoms with Crippen LogP contribution in [0.3, 0.4) is 0 Å². The molecule has 5 rings (SSSR count). The van der Waals surface area contributed by atoms with Crippen LogP contribution in [0.2, 0.25) is 0 Å². The maximum absolute atomic E-state index is 12.3. The van der Waals surface area contributed by atoms with Crippen LogP contribution >= 0.6 is 0 Å². The Balaban J connectivity index is 1.85. The molecule has 0 bridgehead atoms. The first kappa shape index (κ1) is 17.3. The predicted molar refractivity (Wildman–Crippen MR) is 116 cm³/mol. The number of rotatable bonds is 3. The Bertz CT molecular complexity index is 1230. The Labute approximate surface area is 168 Å². The van der Waals surface area contributed by atoms with Gasteiger partial charge >= 0.3 is 5.69 Å². The molecule has 3 aromatic carbocycles. The highest BCUT2D eigenvalue weighted by Crippen LogP contribution is 2.49. The molecule has 1 aliphatic heterocycles. The van der Waals surface area contributed by atoms with E-state index in [2.05, 4.69) is 11.4 Å². The number of nitrogens with one attached hydrogen (secondary N) is 1. The third-order valence-electron chi connectivity index (χ3n) is 5.41. The van der Waals surface area contributed by atoms with Crippen LogP contribution in [0.1, 0.15) is 11.1 Å². The normalized spacial score (nSPS) is 12.0. The van der Waals surface area contributed by atoms with Gasteiger partial charge in [-0.3, -0.25) is 10.1 Å². The first-order valence-corrected chi connectivity index (χ1v) is 9.52. The maximum atomic E-state index is 12.3. The third-order valence-corrected chi connectivity index (χ3v) is 5.41. The fourth-order valence-corrected chi connectivity index (χ4v) is 4.03. The van der Waals surface area contributed by atoms with Crippen molar-refractivity contribution < 1.29 is 4.92 Å². The van der Waals surface area contributed by atoms with E-state index < -0.39 is 0 Å². The Morgan fingerprint density at radius 2 is 1.59 bits per heavy atom. The van der Waals surface area contributed by atoms with Crippen molar-refractivity contribution in [2.75, 3.05) is 5.32 Å². The van der Waals surface area contributed by atoms with E-state index in [1.54, 1.807) is 0 Å². The summed E-state index contributed by atoms with van der Waals surface area (Å²) in [6, 6.07) is 25.5. The highest BCUT2D eigenvalue weighted by atomic mass is 16.6. The molecule has 0 saturated carbocycles. The van der Waals surface area contributed by atoms with Gasteiger partial charge in [0.25, 0.3) is 0 Å². The Hall–Kier alpha value is -3.86. The monoisotopic (exact) mass is 381 g/mol. The van der Waals surface area contributed by atoms with E-state index in [0.717, 1.165) is 33.8 Å². The molecule has 1 aromatic heterocycles. The molecule has 0 atom stereocenters. The number of nitro groups is 1. The van der Waals surface area contributed by atoms with E-state index in [0.29, 0.717) is 17.8 Å². The second-order valence-corrected chi connectivity index (χ2v) is 7.28.